The first-order chi connectivity index (χ1) is 7.81. The monoisotopic (exact) mass is 219 g/mol. The number of aryl methyl sites for hydroxylation is 1. The summed E-state index contributed by atoms with van der Waals surface area (Å²) in [5.41, 5.74) is 2.85. The number of hydrogen-bond donors (Lipinski definition) is 1. The van der Waals surface area contributed by atoms with Gasteiger partial charge in [-0.1, -0.05) is 24.3 Å². The van der Waals surface area contributed by atoms with Crippen LogP contribution in [0.1, 0.15) is 17.5 Å². The normalized spacial score (nSPS) is 25.6. The van der Waals surface area contributed by atoms with Crippen molar-refractivity contribution in [1.82, 2.24) is 5.32 Å². The van der Waals surface area contributed by atoms with Gasteiger partial charge in [0.2, 0.25) is 0 Å². The summed E-state index contributed by atoms with van der Waals surface area (Å²) in [7, 11) is 2.06. The minimum Gasteiger partial charge on any atom is -0.381 e. The van der Waals surface area contributed by atoms with Crippen molar-refractivity contribution in [2.24, 2.45) is 5.92 Å². The fourth-order valence-corrected chi connectivity index (χ4v) is 2.50. The summed E-state index contributed by atoms with van der Waals surface area (Å²) < 4.78 is 5.59. The van der Waals surface area contributed by atoms with Gasteiger partial charge in [-0.3, -0.25) is 0 Å². The molecule has 88 valence electrons. The molecule has 0 bridgehead atoms. The van der Waals surface area contributed by atoms with Gasteiger partial charge in [0.15, 0.2) is 0 Å². The van der Waals surface area contributed by atoms with E-state index in [0.717, 1.165) is 26.1 Å². The molecule has 16 heavy (non-hydrogen) atoms. The number of nitrogens with one attached hydrogen (secondary N) is 1. The summed E-state index contributed by atoms with van der Waals surface area (Å²) >= 11 is 0. The predicted octanol–water partition coefficient (Wildman–Crippen LogP) is 2.16. The third-order valence-corrected chi connectivity index (χ3v) is 3.59. The zero-order valence-electron chi connectivity index (χ0n) is 10.2. The molecule has 2 nitrogen and oxygen atoms in total. The van der Waals surface area contributed by atoms with Crippen LogP contribution >= 0.6 is 0 Å². The van der Waals surface area contributed by atoms with Crippen molar-refractivity contribution in [2.75, 3.05) is 20.3 Å². The van der Waals surface area contributed by atoms with Gasteiger partial charge in [0.05, 0.1) is 6.61 Å². The zero-order chi connectivity index (χ0) is 11.4. The Bertz CT molecular complexity index is 337. The molecule has 2 heteroatoms. The molecule has 1 aromatic rings. The second-order valence-corrected chi connectivity index (χ2v) is 4.65. The highest BCUT2D eigenvalue weighted by Crippen LogP contribution is 2.21. The van der Waals surface area contributed by atoms with Crippen molar-refractivity contribution in [3.63, 3.8) is 0 Å². The lowest BCUT2D eigenvalue weighted by Gasteiger charge is -2.31. The standard InChI is InChI=1S/C14H21NO/c1-11-5-3-4-6-12(11)9-13-10-16-8-7-14(13)15-2/h3-6,13-15H,7-10H2,1-2H3/t13-,14+/m1/s1. The summed E-state index contributed by atoms with van der Waals surface area (Å²) in [6.07, 6.45) is 2.26. The Hall–Kier alpha value is -0.860. The van der Waals surface area contributed by atoms with Crippen molar-refractivity contribution in [3.8, 4) is 0 Å². The maximum absolute atomic E-state index is 5.59. The molecule has 0 saturated carbocycles. The molecule has 1 aliphatic heterocycles. The highest BCUT2D eigenvalue weighted by molar-refractivity contribution is 5.26. The molecule has 1 aromatic carbocycles. The SMILES string of the molecule is CN[C@H]1CCOC[C@H]1Cc1ccccc1C. The zero-order valence-corrected chi connectivity index (χ0v) is 10.2. The molecule has 0 radical (unpaired) electrons. The van der Waals surface area contributed by atoms with Crippen LogP contribution in [0.15, 0.2) is 24.3 Å². The molecule has 1 fully saturated rings. The van der Waals surface area contributed by atoms with Gasteiger partial charge in [-0.25, -0.2) is 0 Å². The lowest BCUT2D eigenvalue weighted by atomic mass is 9.88. The van der Waals surface area contributed by atoms with Gasteiger partial charge < -0.3 is 10.1 Å². The molecule has 1 heterocycles. The van der Waals surface area contributed by atoms with E-state index in [4.69, 9.17) is 4.74 Å². The summed E-state index contributed by atoms with van der Waals surface area (Å²) in [5, 5.41) is 3.41. The molecule has 2 rings (SSSR count). The Morgan fingerprint density at radius 2 is 2.19 bits per heavy atom. The van der Waals surface area contributed by atoms with Gasteiger partial charge in [-0.05, 0) is 37.9 Å². The Morgan fingerprint density at radius 1 is 1.38 bits per heavy atom. The first kappa shape index (κ1) is 11.6. The van der Waals surface area contributed by atoms with Crippen molar-refractivity contribution in [3.05, 3.63) is 35.4 Å². The molecular formula is C14H21NO. The smallest absolute Gasteiger partial charge is 0.0512 e. The second kappa shape index (κ2) is 5.46. The molecule has 1 N–H and O–H groups in total. The second-order valence-electron chi connectivity index (χ2n) is 4.65. The minimum absolute atomic E-state index is 0.605. The number of benzene rings is 1. The van der Waals surface area contributed by atoms with E-state index < -0.39 is 0 Å². The minimum atomic E-state index is 0.605. The number of ether oxygens (including phenoxy) is 1. The van der Waals surface area contributed by atoms with Crippen LogP contribution in [0.4, 0.5) is 0 Å². The summed E-state index contributed by atoms with van der Waals surface area (Å²) in [5.74, 6) is 0.611. The van der Waals surface area contributed by atoms with E-state index in [1.54, 1.807) is 0 Å². The van der Waals surface area contributed by atoms with Gasteiger partial charge in [0.25, 0.3) is 0 Å². The largest absolute Gasteiger partial charge is 0.381 e. The van der Waals surface area contributed by atoms with Crippen molar-refractivity contribution >= 4 is 0 Å². The lowest BCUT2D eigenvalue weighted by molar-refractivity contribution is 0.0342. The fourth-order valence-electron chi connectivity index (χ4n) is 2.50. The number of hydrogen-bond acceptors (Lipinski definition) is 2. The Morgan fingerprint density at radius 3 is 2.94 bits per heavy atom. The van der Waals surface area contributed by atoms with Crippen LogP contribution in [-0.2, 0) is 11.2 Å². The molecule has 1 aliphatic rings. The molecule has 0 aliphatic carbocycles. The van der Waals surface area contributed by atoms with E-state index in [-0.39, 0.29) is 0 Å². The van der Waals surface area contributed by atoms with E-state index in [1.807, 2.05) is 0 Å². The molecular weight excluding hydrogens is 198 g/mol. The average molecular weight is 219 g/mol. The summed E-state index contributed by atoms with van der Waals surface area (Å²) in [4.78, 5) is 0. The number of rotatable bonds is 3. The van der Waals surface area contributed by atoms with Gasteiger partial charge in [0, 0.05) is 18.6 Å². The maximum Gasteiger partial charge on any atom is 0.0512 e. The van der Waals surface area contributed by atoms with Gasteiger partial charge in [-0.2, -0.15) is 0 Å². The van der Waals surface area contributed by atoms with E-state index >= 15 is 0 Å². The fraction of sp³-hybridized carbons (Fsp3) is 0.571. The molecule has 1 saturated heterocycles. The van der Waals surface area contributed by atoms with Crippen LogP contribution in [-0.4, -0.2) is 26.3 Å². The molecule has 0 amide bonds. The van der Waals surface area contributed by atoms with Crippen LogP contribution < -0.4 is 5.32 Å². The molecule has 0 aromatic heterocycles. The lowest BCUT2D eigenvalue weighted by Crippen LogP contribution is -2.42. The van der Waals surface area contributed by atoms with Crippen LogP contribution in [0.5, 0.6) is 0 Å². The molecule has 0 spiro atoms. The third-order valence-electron chi connectivity index (χ3n) is 3.59. The van der Waals surface area contributed by atoms with E-state index in [2.05, 4.69) is 43.6 Å². The van der Waals surface area contributed by atoms with Crippen LogP contribution in [0.3, 0.4) is 0 Å². The van der Waals surface area contributed by atoms with Gasteiger partial charge in [-0.15, -0.1) is 0 Å². The quantitative estimate of drug-likeness (QED) is 0.841. The Kier molecular flexibility index (Phi) is 3.97. The Labute approximate surface area is 98.0 Å². The predicted molar refractivity (Wildman–Crippen MR) is 66.7 cm³/mol. The van der Waals surface area contributed by atoms with Crippen molar-refractivity contribution < 1.29 is 4.74 Å². The third kappa shape index (κ3) is 2.63. The summed E-state index contributed by atoms with van der Waals surface area (Å²) in [6, 6.07) is 9.25. The van der Waals surface area contributed by atoms with Crippen LogP contribution in [0.2, 0.25) is 0 Å². The first-order valence-electron chi connectivity index (χ1n) is 6.11. The first-order valence-corrected chi connectivity index (χ1v) is 6.11. The highest BCUT2D eigenvalue weighted by atomic mass is 16.5. The van der Waals surface area contributed by atoms with E-state index in [1.165, 1.54) is 11.1 Å². The average Bonchev–Trinajstić information content (AvgIpc) is 2.33. The van der Waals surface area contributed by atoms with Crippen LogP contribution in [0, 0.1) is 12.8 Å². The molecule has 2 atom stereocenters. The van der Waals surface area contributed by atoms with Crippen molar-refractivity contribution in [2.45, 2.75) is 25.8 Å². The highest BCUT2D eigenvalue weighted by Gasteiger charge is 2.24. The van der Waals surface area contributed by atoms with Gasteiger partial charge in [0.1, 0.15) is 0 Å². The summed E-state index contributed by atoms with van der Waals surface area (Å²) in [6.45, 7) is 3.98. The Balaban J connectivity index is 2.05. The topological polar surface area (TPSA) is 21.3 Å². The van der Waals surface area contributed by atoms with Gasteiger partial charge >= 0.3 is 0 Å². The van der Waals surface area contributed by atoms with E-state index in [0.29, 0.717) is 12.0 Å². The van der Waals surface area contributed by atoms with Crippen molar-refractivity contribution in [1.29, 1.82) is 0 Å². The maximum atomic E-state index is 5.59. The molecule has 0 unspecified atom stereocenters. The van der Waals surface area contributed by atoms with E-state index in [9.17, 15) is 0 Å². The van der Waals surface area contributed by atoms with Crippen LogP contribution in [0.25, 0.3) is 0 Å².